The Balaban J connectivity index is 1.36. The normalized spacial score (nSPS) is 14.6. The van der Waals surface area contributed by atoms with Crippen LogP contribution in [0.5, 0.6) is 0 Å². The summed E-state index contributed by atoms with van der Waals surface area (Å²) in [5.41, 5.74) is 1.37. The first-order valence-electron chi connectivity index (χ1n) is 9.80. The first-order valence-corrected chi connectivity index (χ1v) is 9.80. The van der Waals surface area contributed by atoms with Gasteiger partial charge in [-0.05, 0) is 49.2 Å². The van der Waals surface area contributed by atoms with Crippen LogP contribution in [0.15, 0.2) is 59.5 Å². The second-order valence-corrected chi connectivity index (χ2v) is 7.31. The number of hydrogen-bond donors (Lipinski definition) is 1. The van der Waals surface area contributed by atoms with E-state index in [9.17, 15) is 18.8 Å². The zero-order chi connectivity index (χ0) is 21.1. The third-order valence-corrected chi connectivity index (χ3v) is 5.34. The van der Waals surface area contributed by atoms with Gasteiger partial charge in [0.1, 0.15) is 12.4 Å². The van der Waals surface area contributed by atoms with Crippen LogP contribution in [0.3, 0.4) is 0 Å². The zero-order valence-corrected chi connectivity index (χ0v) is 16.3. The molecule has 3 aromatic rings. The number of fused-ring (bicyclic) bond motifs is 1. The number of nitrogens with zero attached hydrogens (tertiary/aromatic N) is 3. The van der Waals surface area contributed by atoms with Gasteiger partial charge in [-0.3, -0.25) is 19.0 Å². The van der Waals surface area contributed by atoms with Gasteiger partial charge in [-0.25, -0.2) is 9.37 Å². The number of piperidine rings is 1. The van der Waals surface area contributed by atoms with E-state index >= 15 is 0 Å². The molecule has 0 saturated carbocycles. The summed E-state index contributed by atoms with van der Waals surface area (Å²) in [4.78, 5) is 43.1. The highest BCUT2D eigenvalue weighted by Crippen LogP contribution is 2.14. The highest BCUT2D eigenvalue weighted by Gasteiger charge is 2.24. The van der Waals surface area contributed by atoms with Crippen LogP contribution in [-0.4, -0.2) is 45.4 Å². The van der Waals surface area contributed by atoms with Crippen molar-refractivity contribution in [2.24, 2.45) is 0 Å². The number of halogens is 1. The average molecular weight is 408 g/mol. The van der Waals surface area contributed by atoms with Gasteiger partial charge in [-0.15, -0.1) is 0 Å². The van der Waals surface area contributed by atoms with Crippen molar-refractivity contribution >= 4 is 22.8 Å². The Morgan fingerprint density at radius 2 is 1.77 bits per heavy atom. The molecule has 2 amide bonds. The number of likely N-dealkylation sites (tertiary alicyclic amines) is 1. The molecule has 2 aromatic carbocycles. The molecule has 8 heteroatoms. The zero-order valence-electron chi connectivity index (χ0n) is 16.3. The Hall–Kier alpha value is -3.55. The van der Waals surface area contributed by atoms with E-state index in [-0.39, 0.29) is 35.8 Å². The van der Waals surface area contributed by atoms with Crippen LogP contribution >= 0.6 is 0 Å². The van der Waals surface area contributed by atoms with Gasteiger partial charge in [-0.2, -0.15) is 0 Å². The minimum atomic E-state index is -0.389. The van der Waals surface area contributed by atoms with Gasteiger partial charge in [-0.1, -0.05) is 12.1 Å². The summed E-state index contributed by atoms with van der Waals surface area (Å²) in [6.07, 6.45) is 2.46. The summed E-state index contributed by atoms with van der Waals surface area (Å²) in [6, 6.07) is 12.5. The largest absolute Gasteiger partial charge is 0.349 e. The van der Waals surface area contributed by atoms with Crippen LogP contribution in [-0.2, 0) is 11.3 Å². The molecule has 1 fully saturated rings. The molecular formula is C22H21FN4O3. The molecule has 1 saturated heterocycles. The standard InChI is InChI=1S/C22H21FN4O3/c23-16-7-5-15(6-8-16)22(30)25-17-9-11-26(12-10-17)21(29)14-27-19-4-2-1-3-18(19)24-13-20(27)28/h1-8,13,17H,9-12,14H2,(H,25,30). The number of benzene rings is 2. The number of nitrogens with one attached hydrogen (secondary N) is 1. The number of aromatic nitrogens is 2. The number of rotatable bonds is 4. The van der Waals surface area contributed by atoms with E-state index in [1.807, 2.05) is 6.07 Å². The topological polar surface area (TPSA) is 84.3 Å². The van der Waals surface area contributed by atoms with Crippen molar-refractivity contribution < 1.29 is 14.0 Å². The molecule has 0 bridgehead atoms. The molecule has 2 heterocycles. The molecule has 1 aliphatic rings. The highest BCUT2D eigenvalue weighted by atomic mass is 19.1. The second-order valence-electron chi connectivity index (χ2n) is 7.31. The SMILES string of the molecule is O=C(NC1CCN(C(=O)Cn2c(=O)cnc3ccccc32)CC1)c1ccc(F)cc1. The number of carbonyl (C=O) groups is 2. The highest BCUT2D eigenvalue weighted by molar-refractivity contribution is 5.94. The maximum atomic E-state index is 13.0. The van der Waals surface area contributed by atoms with Gasteiger partial charge in [0, 0.05) is 24.7 Å². The quantitative estimate of drug-likeness (QED) is 0.715. The van der Waals surface area contributed by atoms with Crippen molar-refractivity contribution in [3.8, 4) is 0 Å². The lowest BCUT2D eigenvalue weighted by atomic mass is 10.0. The minimum Gasteiger partial charge on any atom is -0.349 e. The first-order chi connectivity index (χ1) is 14.5. The summed E-state index contributed by atoms with van der Waals surface area (Å²) >= 11 is 0. The number of amides is 2. The third-order valence-electron chi connectivity index (χ3n) is 5.34. The van der Waals surface area contributed by atoms with Gasteiger partial charge < -0.3 is 10.2 Å². The lowest BCUT2D eigenvalue weighted by molar-refractivity contribution is -0.132. The molecule has 0 atom stereocenters. The fourth-order valence-corrected chi connectivity index (χ4v) is 3.66. The number of carbonyl (C=O) groups excluding carboxylic acids is 2. The fraction of sp³-hybridized carbons (Fsp3) is 0.273. The molecule has 154 valence electrons. The van der Waals surface area contributed by atoms with Crippen LogP contribution in [0, 0.1) is 5.82 Å². The molecule has 0 spiro atoms. The third kappa shape index (κ3) is 4.22. The lowest BCUT2D eigenvalue weighted by Gasteiger charge is -2.32. The van der Waals surface area contributed by atoms with Gasteiger partial charge in [0.2, 0.25) is 5.91 Å². The Kier molecular flexibility index (Phi) is 5.56. The lowest BCUT2D eigenvalue weighted by Crippen LogP contribution is -2.47. The summed E-state index contributed by atoms with van der Waals surface area (Å²) in [5, 5.41) is 2.93. The minimum absolute atomic E-state index is 0.0472. The van der Waals surface area contributed by atoms with Crippen molar-refractivity contribution in [1.82, 2.24) is 19.8 Å². The molecule has 1 aliphatic heterocycles. The van der Waals surface area contributed by atoms with Crippen LogP contribution < -0.4 is 10.9 Å². The molecule has 30 heavy (non-hydrogen) atoms. The van der Waals surface area contributed by atoms with Crippen molar-refractivity contribution in [2.75, 3.05) is 13.1 Å². The monoisotopic (exact) mass is 408 g/mol. The smallest absolute Gasteiger partial charge is 0.269 e. The van der Waals surface area contributed by atoms with Gasteiger partial charge in [0.15, 0.2) is 0 Å². The van der Waals surface area contributed by atoms with Crippen molar-refractivity contribution in [2.45, 2.75) is 25.4 Å². The fourth-order valence-electron chi connectivity index (χ4n) is 3.66. The van der Waals surface area contributed by atoms with Crippen LogP contribution in [0.25, 0.3) is 11.0 Å². The van der Waals surface area contributed by atoms with Gasteiger partial charge in [0.25, 0.3) is 11.5 Å². The van der Waals surface area contributed by atoms with Crippen molar-refractivity contribution in [1.29, 1.82) is 0 Å². The average Bonchev–Trinajstić information content (AvgIpc) is 2.76. The molecular weight excluding hydrogens is 387 g/mol. The molecule has 1 aromatic heterocycles. The molecule has 4 rings (SSSR count). The Labute approximate surface area is 172 Å². The number of hydrogen-bond acceptors (Lipinski definition) is 4. The summed E-state index contributed by atoms with van der Waals surface area (Å²) in [6.45, 7) is 0.935. The second kappa shape index (κ2) is 8.44. The van der Waals surface area contributed by atoms with E-state index in [2.05, 4.69) is 10.3 Å². The predicted molar refractivity (Wildman–Crippen MR) is 109 cm³/mol. The summed E-state index contributed by atoms with van der Waals surface area (Å²) < 4.78 is 14.4. The summed E-state index contributed by atoms with van der Waals surface area (Å²) in [7, 11) is 0. The predicted octanol–water partition coefficient (Wildman–Crippen LogP) is 1.96. The van der Waals surface area contributed by atoms with E-state index < -0.39 is 0 Å². The Morgan fingerprint density at radius 1 is 1.07 bits per heavy atom. The van der Waals surface area contributed by atoms with E-state index in [1.54, 1.807) is 23.1 Å². The molecule has 0 radical (unpaired) electrons. The Morgan fingerprint density at radius 3 is 2.50 bits per heavy atom. The van der Waals surface area contributed by atoms with E-state index in [4.69, 9.17) is 0 Å². The van der Waals surface area contributed by atoms with E-state index in [1.165, 1.54) is 35.0 Å². The maximum Gasteiger partial charge on any atom is 0.269 e. The summed E-state index contributed by atoms with van der Waals surface area (Å²) in [5.74, 6) is -0.786. The Bertz CT molecular complexity index is 1140. The van der Waals surface area contributed by atoms with Gasteiger partial charge in [0.05, 0.1) is 17.2 Å². The van der Waals surface area contributed by atoms with Crippen molar-refractivity contribution in [3.63, 3.8) is 0 Å². The van der Waals surface area contributed by atoms with Gasteiger partial charge >= 0.3 is 0 Å². The van der Waals surface area contributed by atoms with E-state index in [0.717, 1.165) is 0 Å². The molecule has 1 N–H and O–H groups in total. The molecule has 0 aliphatic carbocycles. The number of para-hydroxylation sites is 2. The molecule has 0 unspecified atom stereocenters. The van der Waals surface area contributed by atoms with Crippen LogP contribution in [0.2, 0.25) is 0 Å². The van der Waals surface area contributed by atoms with Crippen LogP contribution in [0.4, 0.5) is 4.39 Å². The van der Waals surface area contributed by atoms with Crippen molar-refractivity contribution in [3.05, 3.63) is 76.5 Å². The van der Waals surface area contributed by atoms with Crippen LogP contribution in [0.1, 0.15) is 23.2 Å². The van der Waals surface area contributed by atoms with E-state index in [0.29, 0.717) is 42.5 Å². The maximum absolute atomic E-state index is 13.0. The molecule has 7 nitrogen and oxygen atoms in total. The first kappa shape index (κ1) is 19.8.